The first kappa shape index (κ1) is 18.4. The average Bonchev–Trinajstić information content (AvgIpc) is 3.28. The summed E-state index contributed by atoms with van der Waals surface area (Å²) in [5, 5.41) is 14.6. The quantitative estimate of drug-likeness (QED) is 0.535. The molecule has 2 atom stereocenters. The minimum absolute atomic E-state index is 0.231. The van der Waals surface area contributed by atoms with Crippen LogP contribution in [0.4, 0.5) is 4.39 Å². The van der Waals surface area contributed by atoms with E-state index in [9.17, 15) is 14.4 Å². The van der Waals surface area contributed by atoms with Crippen LogP contribution in [-0.2, 0) is 17.3 Å². The number of rotatable bonds is 4. The van der Waals surface area contributed by atoms with E-state index < -0.39 is 11.3 Å². The Kier molecular flexibility index (Phi) is 4.55. The number of nitrogens with zero attached hydrogens (tertiary/aromatic N) is 2. The molecule has 7 heteroatoms. The van der Waals surface area contributed by atoms with Crippen LogP contribution in [0.2, 0.25) is 0 Å². The first-order chi connectivity index (χ1) is 13.4. The Bertz CT molecular complexity index is 1050. The number of hydroxylamine groups is 1. The summed E-state index contributed by atoms with van der Waals surface area (Å²) in [7, 11) is 1.87. The van der Waals surface area contributed by atoms with Gasteiger partial charge >= 0.3 is 0 Å². The SMILES string of the molecule is Cc1c(F)cccc1[C@]1(C(=O)NO)CC[C@@H](Oc2ccc3cnn(C)c3c2)C1. The minimum atomic E-state index is -1.03. The summed E-state index contributed by atoms with van der Waals surface area (Å²) in [5.41, 5.74) is 2.72. The van der Waals surface area contributed by atoms with Gasteiger partial charge in [0.1, 0.15) is 17.7 Å². The predicted octanol–water partition coefficient (Wildman–Crippen LogP) is 3.40. The topological polar surface area (TPSA) is 76.4 Å². The number of carbonyl (C=O) groups excluding carboxylic acids is 1. The normalized spacial score (nSPS) is 21.8. The van der Waals surface area contributed by atoms with Crippen LogP contribution in [0.1, 0.15) is 30.4 Å². The molecule has 0 saturated heterocycles. The number of fused-ring (bicyclic) bond motifs is 1. The van der Waals surface area contributed by atoms with Gasteiger partial charge in [0, 0.05) is 24.9 Å². The molecule has 2 N–H and O–H groups in total. The predicted molar refractivity (Wildman–Crippen MR) is 102 cm³/mol. The van der Waals surface area contributed by atoms with Gasteiger partial charge in [-0.1, -0.05) is 12.1 Å². The number of benzene rings is 2. The number of hydrogen-bond acceptors (Lipinski definition) is 4. The van der Waals surface area contributed by atoms with Crippen molar-refractivity contribution in [3.05, 3.63) is 59.5 Å². The van der Waals surface area contributed by atoms with Crippen LogP contribution in [-0.4, -0.2) is 27.0 Å². The van der Waals surface area contributed by atoms with Crippen molar-refractivity contribution >= 4 is 16.8 Å². The van der Waals surface area contributed by atoms with Gasteiger partial charge in [-0.2, -0.15) is 5.10 Å². The molecule has 146 valence electrons. The minimum Gasteiger partial charge on any atom is -0.490 e. The van der Waals surface area contributed by atoms with Crippen LogP contribution < -0.4 is 10.2 Å². The molecule has 1 saturated carbocycles. The summed E-state index contributed by atoms with van der Waals surface area (Å²) in [5.74, 6) is -0.208. The summed E-state index contributed by atoms with van der Waals surface area (Å²) in [6, 6.07) is 10.4. The number of nitrogens with one attached hydrogen (secondary N) is 1. The van der Waals surface area contributed by atoms with E-state index in [4.69, 9.17) is 4.74 Å². The second kappa shape index (κ2) is 6.91. The van der Waals surface area contributed by atoms with Crippen molar-refractivity contribution in [2.45, 2.75) is 37.7 Å². The van der Waals surface area contributed by atoms with E-state index in [0.29, 0.717) is 36.1 Å². The molecule has 2 aromatic carbocycles. The third-order valence-electron chi connectivity index (χ3n) is 5.81. The molecule has 6 nitrogen and oxygen atoms in total. The van der Waals surface area contributed by atoms with Crippen LogP contribution >= 0.6 is 0 Å². The number of ether oxygens (including phenoxy) is 1. The average molecular weight is 383 g/mol. The Hall–Kier alpha value is -2.93. The lowest BCUT2D eigenvalue weighted by Gasteiger charge is -2.29. The highest BCUT2D eigenvalue weighted by molar-refractivity contribution is 5.88. The maximum Gasteiger partial charge on any atom is 0.254 e. The largest absolute Gasteiger partial charge is 0.490 e. The smallest absolute Gasteiger partial charge is 0.254 e. The molecular weight excluding hydrogens is 361 g/mol. The third-order valence-corrected chi connectivity index (χ3v) is 5.81. The molecule has 3 aromatic rings. The highest BCUT2D eigenvalue weighted by Gasteiger charge is 2.48. The number of carbonyl (C=O) groups is 1. The van der Waals surface area contributed by atoms with E-state index in [2.05, 4.69) is 5.10 Å². The second-order valence-electron chi connectivity index (χ2n) is 7.41. The van der Waals surface area contributed by atoms with Crippen LogP contribution in [0.25, 0.3) is 10.9 Å². The van der Waals surface area contributed by atoms with Crippen molar-refractivity contribution in [1.82, 2.24) is 15.3 Å². The van der Waals surface area contributed by atoms with Crippen molar-refractivity contribution in [3.8, 4) is 5.75 Å². The van der Waals surface area contributed by atoms with Crippen LogP contribution in [0, 0.1) is 12.7 Å². The second-order valence-corrected chi connectivity index (χ2v) is 7.41. The van der Waals surface area contributed by atoms with Crippen molar-refractivity contribution in [3.63, 3.8) is 0 Å². The fourth-order valence-electron chi connectivity index (χ4n) is 4.30. The first-order valence-corrected chi connectivity index (χ1v) is 9.23. The van der Waals surface area contributed by atoms with E-state index >= 15 is 0 Å². The van der Waals surface area contributed by atoms with E-state index in [1.807, 2.05) is 25.2 Å². The molecule has 0 spiro atoms. The summed E-state index contributed by atoms with van der Waals surface area (Å²) in [4.78, 5) is 12.6. The molecule has 0 aliphatic heterocycles. The van der Waals surface area contributed by atoms with Crippen LogP contribution in [0.15, 0.2) is 42.6 Å². The zero-order chi connectivity index (χ0) is 19.9. The summed E-state index contributed by atoms with van der Waals surface area (Å²) >= 11 is 0. The highest BCUT2D eigenvalue weighted by Crippen LogP contribution is 2.44. The molecule has 28 heavy (non-hydrogen) atoms. The maximum absolute atomic E-state index is 14.1. The molecule has 1 aromatic heterocycles. The lowest BCUT2D eigenvalue weighted by molar-refractivity contribution is -0.135. The molecule has 0 radical (unpaired) electrons. The summed E-state index contributed by atoms with van der Waals surface area (Å²) in [6.45, 7) is 1.65. The van der Waals surface area contributed by atoms with Crippen LogP contribution in [0.3, 0.4) is 0 Å². The molecule has 1 amide bonds. The van der Waals surface area contributed by atoms with Crippen molar-refractivity contribution in [2.24, 2.45) is 7.05 Å². The molecule has 0 unspecified atom stereocenters. The molecule has 1 aliphatic carbocycles. The molecule has 0 bridgehead atoms. The Morgan fingerprint density at radius 1 is 1.39 bits per heavy atom. The highest BCUT2D eigenvalue weighted by atomic mass is 19.1. The molecule has 4 rings (SSSR count). The van der Waals surface area contributed by atoms with Gasteiger partial charge in [-0.05, 0) is 49.1 Å². The van der Waals surface area contributed by atoms with E-state index in [-0.39, 0.29) is 11.9 Å². The zero-order valence-corrected chi connectivity index (χ0v) is 15.8. The van der Waals surface area contributed by atoms with Gasteiger partial charge in [0.15, 0.2) is 0 Å². The number of aromatic nitrogens is 2. The van der Waals surface area contributed by atoms with E-state index in [1.165, 1.54) is 6.07 Å². The van der Waals surface area contributed by atoms with Gasteiger partial charge in [0.2, 0.25) is 0 Å². The van der Waals surface area contributed by atoms with E-state index in [0.717, 1.165) is 10.9 Å². The standard InChI is InChI=1S/C21H22FN3O3/c1-13-17(4-3-5-18(13)22)21(20(26)24-27)9-8-16(11-21)28-15-7-6-14-12-23-25(2)19(14)10-15/h3-7,10,12,16,27H,8-9,11H2,1-2H3,(H,24,26)/t16-,21+/m1/s1. The molecule has 1 heterocycles. The van der Waals surface area contributed by atoms with Gasteiger partial charge in [-0.15, -0.1) is 0 Å². The van der Waals surface area contributed by atoms with E-state index in [1.54, 1.807) is 35.4 Å². The van der Waals surface area contributed by atoms with Gasteiger partial charge in [0.25, 0.3) is 5.91 Å². The van der Waals surface area contributed by atoms with Gasteiger partial charge in [0.05, 0.1) is 17.1 Å². The van der Waals surface area contributed by atoms with Crippen LogP contribution in [0.5, 0.6) is 5.75 Å². The van der Waals surface area contributed by atoms with Crippen molar-refractivity contribution in [1.29, 1.82) is 0 Å². The lowest BCUT2D eigenvalue weighted by Crippen LogP contribution is -2.42. The maximum atomic E-state index is 14.1. The number of aryl methyl sites for hydroxylation is 1. The number of hydrogen-bond donors (Lipinski definition) is 2. The number of amides is 1. The third kappa shape index (κ3) is 2.92. The Labute approximate surface area is 161 Å². The molecular formula is C21H22FN3O3. The van der Waals surface area contributed by atoms with Crippen molar-refractivity contribution < 1.29 is 19.1 Å². The van der Waals surface area contributed by atoms with Crippen molar-refractivity contribution in [2.75, 3.05) is 0 Å². The fraction of sp³-hybridized carbons (Fsp3) is 0.333. The summed E-state index contributed by atoms with van der Waals surface area (Å²) < 4.78 is 22.1. The zero-order valence-electron chi connectivity index (χ0n) is 15.8. The Morgan fingerprint density at radius 3 is 3.00 bits per heavy atom. The van der Waals surface area contributed by atoms with Gasteiger partial charge in [-0.25, -0.2) is 9.87 Å². The Morgan fingerprint density at radius 2 is 2.21 bits per heavy atom. The lowest BCUT2D eigenvalue weighted by atomic mass is 9.76. The molecule has 1 aliphatic rings. The molecule has 1 fully saturated rings. The van der Waals surface area contributed by atoms with Gasteiger partial charge < -0.3 is 4.74 Å². The number of halogens is 1. The monoisotopic (exact) mass is 383 g/mol. The summed E-state index contributed by atoms with van der Waals surface area (Å²) in [6.07, 6.45) is 2.99. The first-order valence-electron chi connectivity index (χ1n) is 9.23. The Balaban J connectivity index is 1.64. The fourth-order valence-corrected chi connectivity index (χ4v) is 4.30. The van der Waals surface area contributed by atoms with Gasteiger partial charge in [-0.3, -0.25) is 14.7 Å².